The van der Waals surface area contributed by atoms with Gasteiger partial charge in [0.2, 0.25) is 0 Å². The van der Waals surface area contributed by atoms with Crippen molar-refractivity contribution in [1.29, 1.82) is 0 Å². The third kappa shape index (κ3) is 4.56. The van der Waals surface area contributed by atoms with E-state index in [9.17, 15) is 14.3 Å². The molecule has 0 saturated carbocycles. The number of aromatic nitrogens is 2. The average molecular weight is 359 g/mol. The van der Waals surface area contributed by atoms with E-state index >= 15 is 0 Å². The number of aromatic amines is 1. The van der Waals surface area contributed by atoms with E-state index in [0.29, 0.717) is 36.5 Å². The summed E-state index contributed by atoms with van der Waals surface area (Å²) in [5.41, 5.74) is 1.82. The monoisotopic (exact) mass is 359 g/mol. The number of hydrogen-bond acceptors (Lipinski definition) is 4. The first kappa shape index (κ1) is 18.7. The summed E-state index contributed by atoms with van der Waals surface area (Å²) < 4.78 is 13.8. The van der Waals surface area contributed by atoms with E-state index in [1.165, 1.54) is 6.07 Å². The van der Waals surface area contributed by atoms with E-state index in [4.69, 9.17) is 0 Å². The van der Waals surface area contributed by atoms with E-state index in [-0.39, 0.29) is 23.9 Å². The van der Waals surface area contributed by atoms with Gasteiger partial charge in [-0.2, -0.15) is 0 Å². The predicted molar refractivity (Wildman–Crippen MR) is 98.6 cm³/mol. The van der Waals surface area contributed by atoms with E-state index in [1.54, 1.807) is 18.2 Å². The van der Waals surface area contributed by atoms with Gasteiger partial charge in [-0.1, -0.05) is 38.0 Å². The van der Waals surface area contributed by atoms with E-state index in [0.717, 1.165) is 31.5 Å². The van der Waals surface area contributed by atoms with Crippen LogP contribution in [-0.2, 0) is 19.4 Å². The van der Waals surface area contributed by atoms with Gasteiger partial charge in [-0.25, -0.2) is 9.37 Å². The van der Waals surface area contributed by atoms with Gasteiger partial charge in [0.05, 0.1) is 17.4 Å². The summed E-state index contributed by atoms with van der Waals surface area (Å²) >= 11 is 0. The molecular formula is C20H26FN3O2. The van der Waals surface area contributed by atoms with E-state index < -0.39 is 0 Å². The zero-order chi connectivity index (χ0) is 18.5. The highest BCUT2D eigenvalue weighted by Crippen LogP contribution is 2.16. The number of benzene rings is 1. The van der Waals surface area contributed by atoms with Gasteiger partial charge >= 0.3 is 0 Å². The largest absolute Gasteiger partial charge is 0.392 e. The number of rotatable bonds is 7. The fourth-order valence-electron chi connectivity index (χ4n) is 3.42. The number of halogens is 1. The van der Waals surface area contributed by atoms with Gasteiger partial charge in [0.1, 0.15) is 11.6 Å². The maximum absolute atomic E-state index is 13.8. The van der Waals surface area contributed by atoms with Crippen LogP contribution < -0.4 is 5.56 Å². The molecule has 6 heteroatoms. The molecule has 2 heterocycles. The molecule has 1 aromatic carbocycles. The summed E-state index contributed by atoms with van der Waals surface area (Å²) in [5.74, 6) is 0.204. The molecule has 1 aliphatic heterocycles. The van der Waals surface area contributed by atoms with Crippen molar-refractivity contribution in [2.75, 3.05) is 13.1 Å². The van der Waals surface area contributed by atoms with Gasteiger partial charge < -0.3 is 10.1 Å². The molecule has 0 radical (unpaired) electrons. The Bertz CT molecular complexity index is 806. The number of nitrogens with zero attached hydrogens (tertiary/aromatic N) is 2. The zero-order valence-corrected chi connectivity index (χ0v) is 15.2. The van der Waals surface area contributed by atoms with Crippen LogP contribution in [0.1, 0.15) is 48.8 Å². The molecule has 0 aliphatic carbocycles. The van der Waals surface area contributed by atoms with Crippen LogP contribution in [0.3, 0.4) is 0 Å². The van der Waals surface area contributed by atoms with E-state index in [1.807, 2.05) is 0 Å². The van der Waals surface area contributed by atoms with Crippen molar-refractivity contribution in [3.63, 3.8) is 0 Å². The first-order chi connectivity index (χ1) is 12.6. The lowest BCUT2D eigenvalue weighted by atomic mass is 10.0. The topological polar surface area (TPSA) is 69.2 Å². The van der Waals surface area contributed by atoms with Gasteiger partial charge in [-0.05, 0) is 18.1 Å². The number of β-amino-alcohol motifs (C(OH)–C–C–N with tert-alkyl or cyclic N) is 1. The fraction of sp³-hybridized carbons (Fsp3) is 0.500. The third-order valence-corrected chi connectivity index (χ3v) is 4.87. The van der Waals surface area contributed by atoms with Gasteiger partial charge in [0, 0.05) is 32.5 Å². The highest BCUT2D eigenvalue weighted by molar-refractivity contribution is 5.25. The molecular weight excluding hydrogens is 333 g/mol. The van der Waals surface area contributed by atoms with Crippen molar-refractivity contribution in [3.8, 4) is 0 Å². The summed E-state index contributed by atoms with van der Waals surface area (Å²) in [5, 5.41) is 10.1. The van der Waals surface area contributed by atoms with Crippen LogP contribution in [0.25, 0.3) is 0 Å². The Balaban J connectivity index is 1.71. The van der Waals surface area contributed by atoms with Crippen molar-refractivity contribution in [2.24, 2.45) is 0 Å². The fourth-order valence-corrected chi connectivity index (χ4v) is 3.42. The maximum atomic E-state index is 13.8. The van der Waals surface area contributed by atoms with Crippen LogP contribution in [0.15, 0.2) is 29.1 Å². The minimum atomic E-state index is -0.358. The number of aliphatic hydroxyl groups excluding tert-OH is 1. The SMILES string of the molecule is CCCC[C@H](O)CN1CCc2nc(Cc3ccccc3F)[nH]c(=O)c2C1. The quantitative estimate of drug-likeness (QED) is 0.797. The van der Waals surface area contributed by atoms with Gasteiger partial charge in [-0.3, -0.25) is 9.69 Å². The van der Waals surface area contributed by atoms with Crippen molar-refractivity contribution in [2.45, 2.75) is 51.7 Å². The molecule has 0 fully saturated rings. The van der Waals surface area contributed by atoms with Crippen LogP contribution in [-0.4, -0.2) is 39.2 Å². The molecule has 2 aromatic rings. The first-order valence-electron chi connectivity index (χ1n) is 9.31. The molecule has 0 spiro atoms. The molecule has 1 aliphatic rings. The van der Waals surface area contributed by atoms with Crippen molar-refractivity contribution in [1.82, 2.24) is 14.9 Å². The minimum Gasteiger partial charge on any atom is -0.392 e. The molecule has 2 N–H and O–H groups in total. The van der Waals surface area contributed by atoms with Crippen molar-refractivity contribution >= 4 is 0 Å². The number of fused-ring (bicyclic) bond motifs is 1. The maximum Gasteiger partial charge on any atom is 0.255 e. The summed E-state index contributed by atoms with van der Waals surface area (Å²) in [7, 11) is 0. The Hall–Kier alpha value is -2.05. The minimum absolute atomic E-state index is 0.158. The van der Waals surface area contributed by atoms with Crippen LogP contribution in [0, 0.1) is 5.82 Å². The summed E-state index contributed by atoms with van der Waals surface area (Å²) in [6.45, 7) is 3.95. The lowest BCUT2D eigenvalue weighted by molar-refractivity contribution is 0.0960. The predicted octanol–water partition coefficient (Wildman–Crippen LogP) is 2.41. The van der Waals surface area contributed by atoms with Crippen LogP contribution in [0.2, 0.25) is 0 Å². The molecule has 140 valence electrons. The van der Waals surface area contributed by atoms with Crippen LogP contribution in [0.5, 0.6) is 0 Å². The van der Waals surface area contributed by atoms with Gasteiger partial charge in [0.15, 0.2) is 0 Å². The average Bonchev–Trinajstić information content (AvgIpc) is 2.62. The van der Waals surface area contributed by atoms with Gasteiger partial charge in [0.25, 0.3) is 5.56 Å². The summed E-state index contributed by atoms with van der Waals surface area (Å²) in [6.07, 6.45) is 3.44. The smallest absolute Gasteiger partial charge is 0.255 e. The zero-order valence-electron chi connectivity index (χ0n) is 15.2. The second-order valence-corrected chi connectivity index (χ2v) is 6.99. The van der Waals surface area contributed by atoms with Crippen LogP contribution in [0.4, 0.5) is 4.39 Å². The molecule has 0 amide bonds. The lowest BCUT2D eigenvalue weighted by Gasteiger charge is -2.29. The number of aliphatic hydroxyl groups is 1. The van der Waals surface area contributed by atoms with Gasteiger partial charge in [-0.15, -0.1) is 0 Å². The molecule has 0 unspecified atom stereocenters. The normalized spacial score (nSPS) is 15.7. The molecule has 1 atom stereocenters. The number of nitrogens with one attached hydrogen (secondary N) is 1. The van der Waals surface area contributed by atoms with E-state index in [2.05, 4.69) is 21.8 Å². The molecule has 0 bridgehead atoms. The number of H-pyrrole nitrogens is 1. The highest BCUT2D eigenvalue weighted by atomic mass is 19.1. The first-order valence-corrected chi connectivity index (χ1v) is 9.31. The highest BCUT2D eigenvalue weighted by Gasteiger charge is 2.22. The Labute approximate surface area is 152 Å². The molecule has 26 heavy (non-hydrogen) atoms. The summed E-state index contributed by atoms with van der Waals surface area (Å²) in [4.78, 5) is 22.0. The van der Waals surface area contributed by atoms with Crippen LogP contribution >= 0.6 is 0 Å². The standard InChI is InChI=1S/C20H26FN3O2/c1-2-3-7-15(25)12-24-10-9-18-16(13-24)20(26)23-19(22-18)11-14-6-4-5-8-17(14)21/h4-6,8,15,25H,2-3,7,9-13H2,1H3,(H,22,23,26)/t15-/m0/s1. The molecule has 1 aromatic heterocycles. The Kier molecular flexibility index (Phi) is 6.16. The Morgan fingerprint density at radius 1 is 1.38 bits per heavy atom. The summed E-state index contributed by atoms with van der Waals surface area (Å²) in [6, 6.07) is 6.53. The number of hydrogen-bond donors (Lipinski definition) is 2. The molecule has 5 nitrogen and oxygen atoms in total. The Morgan fingerprint density at radius 2 is 2.19 bits per heavy atom. The Morgan fingerprint density at radius 3 is 2.96 bits per heavy atom. The number of unbranched alkanes of at least 4 members (excludes halogenated alkanes) is 1. The second-order valence-electron chi connectivity index (χ2n) is 6.99. The second kappa shape index (κ2) is 8.56. The van der Waals surface area contributed by atoms with Crippen molar-refractivity contribution < 1.29 is 9.50 Å². The third-order valence-electron chi connectivity index (χ3n) is 4.87. The lowest BCUT2D eigenvalue weighted by Crippen LogP contribution is -2.40. The molecule has 3 rings (SSSR count). The van der Waals surface area contributed by atoms with Crippen molar-refractivity contribution in [3.05, 3.63) is 63.1 Å². The molecule has 0 saturated heterocycles.